The van der Waals surface area contributed by atoms with Crippen molar-refractivity contribution >= 4 is 5.97 Å². The van der Waals surface area contributed by atoms with Crippen molar-refractivity contribution in [3.8, 4) is 5.75 Å². The fourth-order valence-electron chi connectivity index (χ4n) is 1.42. The van der Waals surface area contributed by atoms with Crippen molar-refractivity contribution in [1.82, 2.24) is 0 Å². The average molecular weight is 237 g/mol. The molecule has 0 aliphatic carbocycles. The summed E-state index contributed by atoms with van der Waals surface area (Å²) in [5.74, 6) is 0.419. The van der Waals surface area contributed by atoms with Gasteiger partial charge in [-0.2, -0.15) is 0 Å². The van der Waals surface area contributed by atoms with Crippen LogP contribution in [0.25, 0.3) is 0 Å². The van der Waals surface area contributed by atoms with Crippen molar-refractivity contribution in [3.05, 3.63) is 29.8 Å². The maximum Gasteiger partial charge on any atom is 0.323 e. The van der Waals surface area contributed by atoms with Crippen LogP contribution in [0.15, 0.2) is 24.3 Å². The van der Waals surface area contributed by atoms with Crippen LogP contribution >= 0.6 is 0 Å². The summed E-state index contributed by atoms with van der Waals surface area (Å²) >= 11 is 0. The number of benzene rings is 1. The number of hydrogen-bond donors (Lipinski definition) is 1. The third-order valence-electron chi connectivity index (χ3n) is 2.27. The summed E-state index contributed by atoms with van der Waals surface area (Å²) in [5, 5.41) is 0. The first kappa shape index (κ1) is 13.5. The van der Waals surface area contributed by atoms with E-state index in [2.05, 4.69) is 0 Å². The highest BCUT2D eigenvalue weighted by Crippen LogP contribution is 2.12. The second-order valence-corrected chi connectivity index (χ2v) is 4.14. The molecular formula is C13H19NO3. The van der Waals surface area contributed by atoms with E-state index < -0.39 is 6.04 Å². The van der Waals surface area contributed by atoms with Crippen LogP contribution in [0.4, 0.5) is 0 Å². The van der Waals surface area contributed by atoms with Gasteiger partial charge in [0.15, 0.2) is 0 Å². The minimum atomic E-state index is -0.620. The molecule has 1 aromatic carbocycles. The molecule has 1 atom stereocenters. The summed E-state index contributed by atoms with van der Waals surface area (Å²) < 4.78 is 10.1. The number of hydrogen-bond acceptors (Lipinski definition) is 4. The molecule has 0 aromatic heterocycles. The molecule has 0 unspecified atom stereocenters. The SMILES string of the molecule is COc1ccc(C[C@H](N)C(=O)OC(C)C)cc1. The molecule has 0 aliphatic heterocycles. The average Bonchev–Trinajstić information content (AvgIpc) is 2.29. The van der Waals surface area contributed by atoms with Crippen LogP contribution in [0.3, 0.4) is 0 Å². The van der Waals surface area contributed by atoms with Crippen LogP contribution in [-0.2, 0) is 16.0 Å². The molecule has 0 spiro atoms. The van der Waals surface area contributed by atoms with Gasteiger partial charge in [-0.3, -0.25) is 4.79 Å². The van der Waals surface area contributed by atoms with Gasteiger partial charge < -0.3 is 15.2 Å². The van der Waals surface area contributed by atoms with Gasteiger partial charge in [-0.1, -0.05) is 12.1 Å². The molecule has 1 aromatic rings. The summed E-state index contributed by atoms with van der Waals surface area (Å²) in [6.07, 6.45) is 0.333. The molecule has 2 N–H and O–H groups in total. The van der Waals surface area contributed by atoms with Crippen LogP contribution in [0.5, 0.6) is 5.75 Å². The summed E-state index contributed by atoms with van der Waals surface area (Å²) in [6, 6.07) is 6.85. The van der Waals surface area contributed by atoms with E-state index in [9.17, 15) is 4.79 Å². The zero-order valence-electron chi connectivity index (χ0n) is 10.5. The molecule has 0 amide bonds. The molecule has 1 rings (SSSR count). The van der Waals surface area contributed by atoms with E-state index in [0.29, 0.717) is 6.42 Å². The molecule has 0 saturated carbocycles. The molecule has 0 bridgehead atoms. The van der Waals surface area contributed by atoms with E-state index in [0.717, 1.165) is 11.3 Å². The smallest absolute Gasteiger partial charge is 0.323 e. The van der Waals surface area contributed by atoms with Gasteiger partial charge in [-0.25, -0.2) is 0 Å². The Morgan fingerprint density at radius 3 is 2.35 bits per heavy atom. The largest absolute Gasteiger partial charge is 0.497 e. The van der Waals surface area contributed by atoms with Gasteiger partial charge in [-0.15, -0.1) is 0 Å². The van der Waals surface area contributed by atoms with E-state index >= 15 is 0 Å². The third kappa shape index (κ3) is 4.44. The van der Waals surface area contributed by atoms with Gasteiger partial charge in [0, 0.05) is 0 Å². The van der Waals surface area contributed by atoms with E-state index in [1.807, 2.05) is 24.3 Å². The number of ether oxygens (including phenoxy) is 2. The monoisotopic (exact) mass is 237 g/mol. The first-order valence-electron chi connectivity index (χ1n) is 5.62. The summed E-state index contributed by atoms with van der Waals surface area (Å²) in [7, 11) is 1.61. The number of nitrogens with two attached hydrogens (primary N) is 1. The molecule has 0 fully saturated rings. The maximum absolute atomic E-state index is 11.5. The van der Waals surface area contributed by atoms with Gasteiger partial charge in [0.05, 0.1) is 13.2 Å². The van der Waals surface area contributed by atoms with Crippen LogP contribution in [0, 0.1) is 0 Å². The minimum absolute atomic E-state index is 0.135. The Labute approximate surface area is 102 Å². The highest BCUT2D eigenvalue weighted by atomic mass is 16.5. The first-order chi connectivity index (χ1) is 8.02. The van der Waals surface area contributed by atoms with Gasteiger partial charge in [0.25, 0.3) is 0 Å². The van der Waals surface area contributed by atoms with Crippen LogP contribution in [0.1, 0.15) is 19.4 Å². The van der Waals surface area contributed by atoms with Crippen molar-refractivity contribution < 1.29 is 14.3 Å². The molecule has 94 valence electrons. The second kappa shape index (κ2) is 6.25. The lowest BCUT2D eigenvalue weighted by Gasteiger charge is -2.13. The molecule has 4 nitrogen and oxygen atoms in total. The Balaban J connectivity index is 2.55. The van der Waals surface area contributed by atoms with Gasteiger partial charge in [0.1, 0.15) is 11.8 Å². The van der Waals surface area contributed by atoms with E-state index in [4.69, 9.17) is 15.2 Å². The van der Waals surface area contributed by atoms with Gasteiger partial charge >= 0.3 is 5.97 Å². The molecule has 0 aliphatic rings. The molecule has 0 heterocycles. The Morgan fingerprint density at radius 1 is 1.29 bits per heavy atom. The molecule has 0 radical (unpaired) electrons. The molecule has 17 heavy (non-hydrogen) atoms. The van der Waals surface area contributed by atoms with Gasteiger partial charge in [-0.05, 0) is 38.0 Å². The van der Waals surface area contributed by atoms with Crippen LogP contribution in [0.2, 0.25) is 0 Å². The van der Waals surface area contributed by atoms with Gasteiger partial charge in [0.2, 0.25) is 0 Å². The minimum Gasteiger partial charge on any atom is -0.497 e. The Hall–Kier alpha value is -1.55. The highest BCUT2D eigenvalue weighted by Gasteiger charge is 2.16. The fraction of sp³-hybridized carbons (Fsp3) is 0.462. The van der Waals surface area contributed by atoms with Crippen LogP contribution < -0.4 is 10.5 Å². The van der Waals surface area contributed by atoms with Crippen molar-refractivity contribution in [2.24, 2.45) is 5.73 Å². The number of methoxy groups -OCH3 is 1. The second-order valence-electron chi connectivity index (χ2n) is 4.14. The molecule has 4 heteroatoms. The highest BCUT2D eigenvalue weighted by molar-refractivity contribution is 5.76. The standard InChI is InChI=1S/C13H19NO3/c1-9(2)17-13(15)12(14)8-10-4-6-11(16-3)7-5-10/h4-7,9,12H,8,14H2,1-3H3/t12-/m0/s1. The summed E-state index contributed by atoms with van der Waals surface area (Å²) in [6.45, 7) is 3.61. The first-order valence-corrected chi connectivity index (χ1v) is 5.62. The van der Waals surface area contributed by atoms with E-state index in [1.54, 1.807) is 21.0 Å². The molecule has 0 saturated heterocycles. The maximum atomic E-state index is 11.5. The predicted octanol–water partition coefficient (Wildman–Crippen LogP) is 1.52. The number of carbonyl (C=O) groups excluding carboxylic acids is 1. The Kier molecular flexibility index (Phi) is 4.97. The summed E-state index contributed by atoms with van der Waals surface area (Å²) in [4.78, 5) is 11.5. The fourth-order valence-corrected chi connectivity index (χ4v) is 1.42. The Morgan fingerprint density at radius 2 is 1.88 bits per heavy atom. The number of carbonyl (C=O) groups is 1. The quantitative estimate of drug-likeness (QED) is 0.789. The van der Waals surface area contributed by atoms with Crippen molar-refractivity contribution in [2.45, 2.75) is 32.4 Å². The van der Waals surface area contributed by atoms with Crippen LogP contribution in [-0.4, -0.2) is 25.2 Å². The lowest BCUT2D eigenvalue weighted by atomic mass is 10.1. The normalized spacial score (nSPS) is 12.3. The lowest BCUT2D eigenvalue weighted by molar-refractivity contribution is -0.148. The lowest BCUT2D eigenvalue weighted by Crippen LogP contribution is -2.35. The zero-order chi connectivity index (χ0) is 12.8. The third-order valence-corrected chi connectivity index (χ3v) is 2.27. The molecular weight excluding hydrogens is 218 g/mol. The summed E-state index contributed by atoms with van der Waals surface area (Å²) in [5.41, 5.74) is 6.75. The van der Waals surface area contributed by atoms with E-state index in [1.165, 1.54) is 0 Å². The van der Waals surface area contributed by atoms with Crippen molar-refractivity contribution in [2.75, 3.05) is 7.11 Å². The Bertz CT molecular complexity index is 359. The number of rotatable bonds is 5. The number of esters is 1. The van der Waals surface area contributed by atoms with Crippen molar-refractivity contribution in [3.63, 3.8) is 0 Å². The zero-order valence-corrected chi connectivity index (χ0v) is 10.5. The topological polar surface area (TPSA) is 61.5 Å². The van der Waals surface area contributed by atoms with E-state index in [-0.39, 0.29) is 12.1 Å². The van der Waals surface area contributed by atoms with Crippen molar-refractivity contribution in [1.29, 1.82) is 0 Å². The predicted molar refractivity (Wildman–Crippen MR) is 65.9 cm³/mol.